The maximum absolute atomic E-state index is 11.7. The molecule has 2 aromatic carbocycles. The molecular weight excluding hydrogens is 494 g/mol. The third-order valence-electron chi connectivity index (χ3n) is 6.63. The molecule has 3 atom stereocenters. The zero-order valence-electron chi connectivity index (χ0n) is 22.4. The van der Waals surface area contributed by atoms with E-state index >= 15 is 0 Å². The Kier molecular flexibility index (Phi) is 10.6. The normalized spacial score (nSPS) is 19.0. The Balaban J connectivity index is 1.42. The first-order chi connectivity index (χ1) is 19.0. The van der Waals surface area contributed by atoms with Gasteiger partial charge in [0.1, 0.15) is 6.61 Å². The molecule has 1 amide bonds. The van der Waals surface area contributed by atoms with Gasteiger partial charge in [0.15, 0.2) is 6.29 Å². The van der Waals surface area contributed by atoms with Crippen molar-refractivity contribution in [3.8, 4) is 0 Å². The molecule has 0 radical (unpaired) electrons. The summed E-state index contributed by atoms with van der Waals surface area (Å²) in [5.41, 5.74) is 4.84. The number of amides is 1. The van der Waals surface area contributed by atoms with Crippen molar-refractivity contribution in [2.75, 3.05) is 26.7 Å². The lowest BCUT2D eigenvalue weighted by molar-refractivity contribution is -0.252. The summed E-state index contributed by atoms with van der Waals surface area (Å²) in [5.74, 6) is 0. The van der Waals surface area contributed by atoms with Crippen LogP contribution in [0.4, 0.5) is 4.79 Å². The molecule has 3 aromatic rings. The maximum Gasteiger partial charge on any atom is 0.407 e. The van der Waals surface area contributed by atoms with Crippen LogP contribution in [0.15, 0.2) is 85.6 Å². The van der Waals surface area contributed by atoms with Crippen LogP contribution in [-0.2, 0) is 33.8 Å². The largest absolute Gasteiger partial charge is 0.445 e. The maximum atomic E-state index is 11.7. The lowest BCUT2D eigenvalue weighted by Gasteiger charge is -2.38. The number of ether oxygens (including phenoxy) is 3. The minimum atomic E-state index is -0.532. The van der Waals surface area contributed by atoms with Gasteiger partial charge in [-0.2, -0.15) is 0 Å². The Bertz CT molecular complexity index is 1170. The minimum absolute atomic E-state index is 0.00835. The van der Waals surface area contributed by atoms with Crippen molar-refractivity contribution >= 4 is 6.09 Å². The number of aliphatic hydroxyl groups excluding tert-OH is 1. The molecule has 0 spiro atoms. The number of alkyl carbamates (subject to hydrolysis) is 1. The topological polar surface area (TPSA) is 93.2 Å². The van der Waals surface area contributed by atoms with Gasteiger partial charge in [-0.25, -0.2) is 4.79 Å². The highest BCUT2D eigenvalue weighted by atomic mass is 16.7. The lowest BCUT2D eigenvalue weighted by Crippen LogP contribution is -2.38. The van der Waals surface area contributed by atoms with Gasteiger partial charge in [-0.1, -0.05) is 67.3 Å². The molecule has 1 aliphatic rings. The molecule has 1 aliphatic heterocycles. The van der Waals surface area contributed by atoms with Crippen molar-refractivity contribution in [3.63, 3.8) is 0 Å². The Morgan fingerprint density at radius 3 is 2.54 bits per heavy atom. The highest BCUT2D eigenvalue weighted by molar-refractivity contribution is 5.67. The Morgan fingerprint density at radius 1 is 1.10 bits per heavy atom. The van der Waals surface area contributed by atoms with Crippen LogP contribution in [0, 0.1) is 0 Å². The molecule has 4 rings (SSSR count). The van der Waals surface area contributed by atoms with Gasteiger partial charge in [0.25, 0.3) is 0 Å². The third-order valence-corrected chi connectivity index (χ3v) is 6.63. The second kappa shape index (κ2) is 14.6. The summed E-state index contributed by atoms with van der Waals surface area (Å²) in [5, 5.41) is 12.2. The van der Waals surface area contributed by atoms with Crippen LogP contribution in [-0.4, -0.2) is 53.9 Å². The number of carbonyl (C=O) groups is 1. The van der Waals surface area contributed by atoms with E-state index in [4.69, 9.17) is 14.2 Å². The number of nitrogens with one attached hydrogen (secondary N) is 1. The standard InChI is InChI=1S/C31H37N3O5/c1-3-18-37-31(36)33-20-23-7-13-26(14-8-23)30-38-28(21-34(2)17-15-27-6-4-5-16-32-27)19-29(39-30)25-11-9-24(22-35)10-12-25/h3-14,16,28-30,35H,1,15,17-22H2,2H3,(H,33,36). The number of carbonyl (C=O) groups excluding carboxylic acids is 1. The van der Waals surface area contributed by atoms with Crippen LogP contribution < -0.4 is 5.32 Å². The molecule has 1 fully saturated rings. The van der Waals surface area contributed by atoms with E-state index in [2.05, 4.69) is 28.8 Å². The van der Waals surface area contributed by atoms with Gasteiger partial charge in [-0.05, 0) is 35.9 Å². The average molecular weight is 532 g/mol. The monoisotopic (exact) mass is 531 g/mol. The molecule has 1 saturated heterocycles. The Hall–Kier alpha value is -3.56. The Labute approximate surface area is 230 Å². The summed E-state index contributed by atoms with van der Waals surface area (Å²) in [6.45, 7) is 5.70. The molecule has 8 heteroatoms. The molecule has 3 unspecified atom stereocenters. The smallest absolute Gasteiger partial charge is 0.407 e. The van der Waals surface area contributed by atoms with Crippen molar-refractivity contribution in [2.24, 2.45) is 0 Å². The highest BCUT2D eigenvalue weighted by Crippen LogP contribution is 2.38. The number of likely N-dealkylation sites (N-methyl/N-ethyl adjacent to an activating group) is 1. The van der Waals surface area contributed by atoms with E-state index in [1.165, 1.54) is 6.08 Å². The summed E-state index contributed by atoms with van der Waals surface area (Å²) in [6, 6.07) is 21.7. The quantitative estimate of drug-likeness (QED) is 0.327. The van der Waals surface area contributed by atoms with Gasteiger partial charge in [0.2, 0.25) is 0 Å². The van der Waals surface area contributed by atoms with E-state index in [9.17, 15) is 9.90 Å². The van der Waals surface area contributed by atoms with Crippen molar-refractivity contribution in [1.82, 2.24) is 15.2 Å². The van der Waals surface area contributed by atoms with Gasteiger partial charge in [0.05, 0.1) is 18.8 Å². The Morgan fingerprint density at radius 2 is 1.85 bits per heavy atom. The molecular formula is C31H37N3O5. The van der Waals surface area contributed by atoms with E-state index in [0.717, 1.165) is 53.9 Å². The molecule has 39 heavy (non-hydrogen) atoms. The summed E-state index contributed by atoms with van der Waals surface area (Å²) in [7, 11) is 2.10. The third kappa shape index (κ3) is 8.73. The summed E-state index contributed by atoms with van der Waals surface area (Å²) >= 11 is 0. The number of benzene rings is 2. The van der Waals surface area contributed by atoms with Gasteiger partial charge in [-0.3, -0.25) is 4.98 Å². The van der Waals surface area contributed by atoms with E-state index in [-0.39, 0.29) is 25.4 Å². The molecule has 0 saturated carbocycles. The molecule has 1 aromatic heterocycles. The number of hydrogen-bond acceptors (Lipinski definition) is 7. The van der Waals surface area contributed by atoms with Gasteiger partial charge in [-0.15, -0.1) is 0 Å². The van der Waals surface area contributed by atoms with Crippen LogP contribution in [0.25, 0.3) is 0 Å². The molecule has 2 N–H and O–H groups in total. The van der Waals surface area contributed by atoms with Gasteiger partial charge in [0, 0.05) is 49.9 Å². The number of aliphatic hydroxyl groups is 1. The fourth-order valence-corrected chi connectivity index (χ4v) is 4.48. The molecule has 2 heterocycles. The highest BCUT2D eigenvalue weighted by Gasteiger charge is 2.32. The first-order valence-corrected chi connectivity index (χ1v) is 13.2. The van der Waals surface area contributed by atoms with E-state index < -0.39 is 12.4 Å². The van der Waals surface area contributed by atoms with Gasteiger partial charge < -0.3 is 29.5 Å². The van der Waals surface area contributed by atoms with E-state index in [1.54, 1.807) is 0 Å². The zero-order valence-corrected chi connectivity index (χ0v) is 22.4. The summed E-state index contributed by atoms with van der Waals surface area (Å²) in [6.07, 6.45) is 3.73. The van der Waals surface area contributed by atoms with Crippen LogP contribution in [0.1, 0.15) is 46.8 Å². The molecule has 8 nitrogen and oxygen atoms in total. The number of rotatable bonds is 12. The SMILES string of the molecule is C=CCOC(=O)NCc1ccc(C2OC(CN(C)CCc3ccccn3)CC(c3ccc(CO)cc3)O2)cc1. The lowest BCUT2D eigenvalue weighted by atomic mass is 9.99. The second-order valence-corrected chi connectivity index (χ2v) is 9.67. The van der Waals surface area contributed by atoms with Crippen LogP contribution >= 0.6 is 0 Å². The number of hydrogen-bond donors (Lipinski definition) is 2. The number of pyridine rings is 1. The first kappa shape index (κ1) is 28.4. The predicted molar refractivity (Wildman–Crippen MR) is 149 cm³/mol. The van der Waals surface area contributed by atoms with Crippen molar-refractivity contribution in [3.05, 3.63) is 114 Å². The minimum Gasteiger partial charge on any atom is -0.445 e. The number of aromatic nitrogens is 1. The summed E-state index contributed by atoms with van der Waals surface area (Å²) < 4.78 is 17.9. The van der Waals surface area contributed by atoms with Crippen molar-refractivity contribution < 1.29 is 24.1 Å². The average Bonchev–Trinajstić information content (AvgIpc) is 2.98. The fourth-order valence-electron chi connectivity index (χ4n) is 4.48. The molecule has 0 bridgehead atoms. The molecule has 0 aliphatic carbocycles. The zero-order chi connectivity index (χ0) is 27.5. The second-order valence-electron chi connectivity index (χ2n) is 9.67. The van der Waals surface area contributed by atoms with Crippen LogP contribution in [0.3, 0.4) is 0 Å². The predicted octanol–water partition coefficient (Wildman–Crippen LogP) is 4.71. The van der Waals surface area contributed by atoms with Crippen LogP contribution in [0.5, 0.6) is 0 Å². The fraction of sp³-hybridized carbons (Fsp3) is 0.355. The van der Waals surface area contributed by atoms with E-state index in [1.807, 2.05) is 72.9 Å². The van der Waals surface area contributed by atoms with Crippen molar-refractivity contribution in [1.29, 1.82) is 0 Å². The van der Waals surface area contributed by atoms with Crippen molar-refractivity contribution in [2.45, 2.75) is 44.5 Å². The molecule has 206 valence electrons. The van der Waals surface area contributed by atoms with Crippen LogP contribution in [0.2, 0.25) is 0 Å². The van der Waals surface area contributed by atoms with E-state index in [0.29, 0.717) is 6.54 Å². The van der Waals surface area contributed by atoms with Gasteiger partial charge >= 0.3 is 6.09 Å². The first-order valence-electron chi connectivity index (χ1n) is 13.2. The number of nitrogens with zero attached hydrogens (tertiary/aromatic N) is 2. The summed E-state index contributed by atoms with van der Waals surface area (Å²) in [4.78, 5) is 18.4.